The fourth-order valence-electron chi connectivity index (χ4n) is 3.20. The van der Waals surface area contributed by atoms with Gasteiger partial charge < -0.3 is 9.88 Å². The van der Waals surface area contributed by atoms with E-state index in [9.17, 15) is 14.0 Å². The van der Waals surface area contributed by atoms with Crippen LogP contribution in [0.15, 0.2) is 52.6 Å². The van der Waals surface area contributed by atoms with E-state index in [2.05, 4.69) is 15.0 Å². The normalized spacial score (nSPS) is 11.1. The van der Waals surface area contributed by atoms with Crippen LogP contribution in [-0.2, 0) is 17.8 Å². The molecular formula is C22H18ClFN4O2S. The predicted octanol–water partition coefficient (Wildman–Crippen LogP) is 4.43. The van der Waals surface area contributed by atoms with E-state index in [0.717, 1.165) is 0 Å². The first-order chi connectivity index (χ1) is 14.9. The zero-order chi connectivity index (χ0) is 22.0. The van der Waals surface area contributed by atoms with Gasteiger partial charge in [-0.05, 0) is 37.3 Å². The summed E-state index contributed by atoms with van der Waals surface area (Å²) in [6, 6.07) is 11.1. The van der Waals surface area contributed by atoms with Crippen molar-refractivity contribution in [2.24, 2.45) is 0 Å². The van der Waals surface area contributed by atoms with Crippen LogP contribution in [0, 0.1) is 5.82 Å². The summed E-state index contributed by atoms with van der Waals surface area (Å²) in [7, 11) is 0. The second kappa shape index (κ2) is 8.95. The lowest BCUT2D eigenvalue weighted by Crippen LogP contribution is -2.33. The van der Waals surface area contributed by atoms with Crippen molar-refractivity contribution in [3.05, 3.63) is 80.6 Å². The first kappa shape index (κ1) is 21.1. The highest BCUT2D eigenvalue weighted by atomic mass is 35.5. The summed E-state index contributed by atoms with van der Waals surface area (Å²) in [5, 5.41) is 3.37. The minimum Gasteiger partial charge on any atom is -0.335 e. The van der Waals surface area contributed by atoms with E-state index in [0.29, 0.717) is 44.6 Å². The first-order valence-corrected chi connectivity index (χ1v) is 10.8. The number of hydrogen-bond donors (Lipinski definition) is 1. The molecule has 2 aromatic carbocycles. The number of benzene rings is 2. The maximum atomic E-state index is 13.5. The van der Waals surface area contributed by atoms with Crippen LogP contribution >= 0.6 is 22.9 Å². The number of aromatic amines is 1. The average Bonchev–Trinajstić information content (AvgIpc) is 3.20. The molecule has 0 spiro atoms. The quantitative estimate of drug-likeness (QED) is 0.465. The van der Waals surface area contributed by atoms with E-state index in [4.69, 9.17) is 11.6 Å². The molecule has 0 unspecified atom stereocenters. The van der Waals surface area contributed by atoms with Crippen LogP contribution in [0.4, 0.5) is 4.39 Å². The fraction of sp³-hybridized carbons (Fsp3) is 0.182. The average molecular weight is 457 g/mol. The Balaban J connectivity index is 1.50. The molecule has 0 aliphatic heterocycles. The molecule has 2 aromatic heterocycles. The van der Waals surface area contributed by atoms with Crippen molar-refractivity contribution in [2.45, 2.75) is 19.9 Å². The lowest BCUT2D eigenvalue weighted by Gasteiger charge is -2.20. The van der Waals surface area contributed by atoms with Gasteiger partial charge in [0, 0.05) is 22.5 Å². The number of nitrogens with one attached hydrogen (secondary N) is 1. The third-order valence-electron chi connectivity index (χ3n) is 4.75. The van der Waals surface area contributed by atoms with Crippen molar-refractivity contribution in [2.75, 3.05) is 6.54 Å². The Labute approximate surface area is 186 Å². The van der Waals surface area contributed by atoms with Crippen LogP contribution in [0.2, 0.25) is 5.02 Å². The van der Waals surface area contributed by atoms with E-state index < -0.39 is 0 Å². The largest absolute Gasteiger partial charge is 0.335 e. The number of fused-ring (bicyclic) bond motifs is 1. The molecule has 0 saturated heterocycles. The van der Waals surface area contributed by atoms with Gasteiger partial charge in [0.05, 0.1) is 29.6 Å². The molecular weight excluding hydrogens is 439 g/mol. The molecule has 6 nitrogen and oxygen atoms in total. The fourth-order valence-corrected chi connectivity index (χ4v) is 4.19. The summed E-state index contributed by atoms with van der Waals surface area (Å²) in [6.45, 7) is 2.46. The molecule has 1 N–H and O–H groups in total. The van der Waals surface area contributed by atoms with Crippen molar-refractivity contribution >= 4 is 39.7 Å². The minimum absolute atomic E-state index is 0.100. The molecule has 0 aliphatic rings. The van der Waals surface area contributed by atoms with Crippen LogP contribution in [0.5, 0.6) is 0 Å². The van der Waals surface area contributed by atoms with Crippen molar-refractivity contribution in [3.8, 4) is 10.6 Å². The zero-order valence-corrected chi connectivity index (χ0v) is 18.1. The Bertz CT molecular complexity index is 1320. The number of rotatable bonds is 6. The third kappa shape index (κ3) is 4.81. The minimum atomic E-state index is -0.333. The van der Waals surface area contributed by atoms with Gasteiger partial charge in [-0.1, -0.05) is 23.7 Å². The number of likely N-dealkylation sites (N-methyl/N-ethyl adjacent to an activating group) is 1. The predicted molar refractivity (Wildman–Crippen MR) is 120 cm³/mol. The molecule has 0 saturated carbocycles. The lowest BCUT2D eigenvalue weighted by molar-refractivity contribution is -0.131. The standard InChI is InChI=1S/C22H18ClFN4O2S/c1-2-28(11-19-26-18-9-14(23)6-7-17(18)21(30)27-19)20(29)10-16-12-31-22(25-16)13-4-3-5-15(24)8-13/h3-9,12H,2,10-11H2,1H3,(H,26,27,30). The van der Waals surface area contributed by atoms with Crippen molar-refractivity contribution in [1.82, 2.24) is 19.9 Å². The van der Waals surface area contributed by atoms with Crippen molar-refractivity contribution in [1.29, 1.82) is 0 Å². The Morgan fingerprint density at radius 3 is 2.84 bits per heavy atom. The second-order valence-electron chi connectivity index (χ2n) is 6.91. The Morgan fingerprint density at radius 1 is 1.23 bits per heavy atom. The highest BCUT2D eigenvalue weighted by Gasteiger charge is 2.17. The van der Waals surface area contributed by atoms with Gasteiger partial charge in [0.2, 0.25) is 5.91 Å². The summed E-state index contributed by atoms with van der Waals surface area (Å²) in [5.41, 5.74) is 1.49. The maximum absolute atomic E-state index is 13.5. The first-order valence-electron chi connectivity index (χ1n) is 9.59. The summed E-state index contributed by atoms with van der Waals surface area (Å²) < 4.78 is 13.5. The van der Waals surface area contributed by atoms with Crippen molar-refractivity contribution in [3.63, 3.8) is 0 Å². The molecule has 1 amide bonds. The van der Waals surface area contributed by atoms with Gasteiger partial charge in [-0.2, -0.15) is 0 Å². The molecule has 0 bridgehead atoms. The van der Waals surface area contributed by atoms with Gasteiger partial charge in [0.1, 0.15) is 16.6 Å². The number of thiazole rings is 1. The molecule has 0 atom stereocenters. The smallest absolute Gasteiger partial charge is 0.258 e. The highest BCUT2D eigenvalue weighted by molar-refractivity contribution is 7.13. The lowest BCUT2D eigenvalue weighted by atomic mass is 10.2. The molecule has 158 valence electrons. The SMILES string of the molecule is CCN(Cc1nc2cc(Cl)ccc2c(=O)[nH]1)C(=O)Cc1csc(-c2cccc(F)c2)n1. The van der Waals surface area contributed by atoms with Crippen LogP contribution in [-0.4, -0.2) is 32.3 Å². The summed E-state index contributed by atoms with van der Waals surface area (Å²) >= 11 is 7.37. The van der Waals surface area contributed by atoms with Crippen LogP contribution < -0.4 is 5.56 Å². The van der Waals surface area contributed by atoms with E-state index in [1.807, 2.05) is 6.92 Å². The van der Waals surface area contributed by atoms with Gasteiger partial charge >= 0.3 is 0 Å². The highest BCUT2D eigenvalue weighted by Crippen LogP contribution is 2.24. The monoisotopic (exact) mass is 456 g/mol. The third-order valence-corrected chi connectivity index (χ3v) is 5.92. The molecule has 9 heteroatoms. The molecule has 0 radical (unpaired) electrons. The number of halogens is 2. The van der Waals surface area contributed by atoms with E-state index in [-0.39, 0.29) is 30.2 Å². The molecule has 4 aromatic rings. The number of amides is 1. The molecule has 31 heavy (non-hydrogen) atoms. The topological polar surface area (TPSA) is 79.0 Å². The summed E-state index contributed by atoms with van der Waals surface area (Å²) in [4.78, 5) is 38.4. The Morgan fingerprint density at radius 2 is 2.06 bits per heavy atom. The van der Waals surface area contributed by atoms with Crippen molar-refractivity contribution < 1.29 is 9.18 Å². The maximum Gasteiger partial charge on any atom is 0.258 e. The number of carbonyl (C=O) groups excluding carboxylic acids is 1. The Kier molecular flexibility index (Phi) is 6.11. The summed E-state index contributed by atoms with van der Waals surface area (Å²) in [6.07, 6.45) is 0.100. The second-order valence-corrected chi connectivity index (χ2v) is 8.21. The van der Waals surface area contributed by atoms with Gasteiger partial charge in [-0.3, -0.25) is 9.59 Å². The number of aromatic nitrogens is 3. The molecule has 0 aliphatic carbocycles. The van der Waals surface area contributed by atoms with E-state index in [1.54, 1.807) is 40.6 Å². The molecule has 4 rings (SSSR count). The summed E-state index contributed by atoms with van der Waals surface area (Å²) in [5.74, 6) is -0.0956. The van der Waals surface area contributed by atoms with Gasteiger partial charge in [0.25, 0.3) is 5.56 Å². The van der Waals surface area contributed by atoms with E-state index >= 15 is 0 Å². The van der Waals surface area contributed by atoms with E-state index in [1.165, 1.54) is 23.5 Å². The Hall–Kier alpha value is -3.10. The van der Waals surface area contributed by atoms with Crippen LogP contribution in [0.25, 0.3) is 21.5 Å². The number of H-pyrrole nitrogens is 1. The van der Waals surface area contributed by atoms with Crippen LogP contribution in [0.3, 0.4) is 0 Å². The van der Waals surface area contributed by atoms with Gasteiger partial charge in [-0.15, -0.1) is 11.3 Å². The number of nitrogens with zero attached hydrogens (tertiary/aromatic N) is 3. The van der Waals surface area contributed by atoms with Gasteiger partial charge in [-0.25, -0.2) is 14.4 Å². The molecule has 2 heterocycles. The number of carbonyl (C=O) groups is 1. The van der Waals surface area contributed by atoms with Crippen LogP contribution in [0.1, 0.15) is 18.4 Å². The zero-order valence-electron chi connectivity index (χ0n) is 16.6. The number of hydrogen-bond acceptors (Lipinski definition) is 5. The molecule has 0 fully saturated rings. The van der Waals surface area contributed by atoms with Gasteiger partial charge in [0.15, 0.2) is 0 Å².